The number of benzene rings is 1. The van der Waals surface area contributed by atoms with E-state index in [-0.39, 0.29) is 5.92 Å². The lowest BCUT2D eigenvalue weighted by atomic mass is 9.82. The average Bonchev–Trinajstić information content (AvgIpc) is 2.73. The van der Waals surface area contributed by atoms with Crippen LogP contribution in [0.2, 0.25) is 0 Å². The van der Waals surface area contributed by atoms with Crippen LogP contribution in [0.4, 0.5) is 0 Å². The van der Waals surface area contributed by atoms with Crippen molar-refractivity contribution in [3.63, 3.8) is 0 Å². The SMILES string of the molecule is CC(C)Cc1cccc(C[C@H](C(=O)O)[C@@H]2CCCNCC2)c1. The van der Waals surface area contributed by atoms with Crippen molar-refractivity contribution in [2.45, 2.75) is 46.0 Å². The number of rotatable bonds is 6. The smallest absolute Gasteiger partial charge is 0.307 e. The Balaban J connectivity index is 2.08. The number of hydrogen-bond acceptors (Lipinski definition) is 2. The van der Waals surface area contributed by atoms with Crippen LogP contribution < -0.4 is 5.32 Å². The van der Waals surface area contributed by atoms with Crippen LogP contribution in [-0.4, -0.2) is 24.2 Å². The van der Waals surface area contributed by atoms with Crippen LogP contribution in [0, 0.1) is 17.8 Å². The van der Waals surface area contributed by atoms with E-state index >= 15 is 0 Å². The Kier molecular flexibility index (Phi) is 6.44. The molecule has 1 aliphatic heterocycles. The molecule has 2 atom stereocenters. The van der Waals surface area contributed by atoms with Crippen molar-refractivity contribution >= 4 is 5.97 Å². The molecule has 0 radical (unpaired) electrons. The Morgan fingerprint density at radius 3 is 2.64 bits per heavy atom. The van der Waals surface area contributed by atoms with E-state index in [9.17, 15) is 9.90 Å². The van der Waals surface area contributed by atoms with Crippen LogP contribution in [-0.2, 0) is 17.6 Å². The molecule has 1 fully saturated rings. The highest BCUT2D eigenvalue weighted by Gasteiger charge is 2.28. The lowest BCUT2D eigenvalue weighted by molar-refractivity contribution is -0.143. The molecule has 3 heteroatoms. The summed E-state index contributed by atoms with van der Waals surface area (Å²) in [6.07, 6.45) is 4.80. The zero-order valence-electron chi connectivity index (χ0n) is 13.8. The molecule has 1 aromatic carbocycles. The second kappa shape index (κ2) is 8.33. The second-order valence-corrected chi connectivity index (χ2v) is 7.01. The highest BCUT2D eigenvalue weighted by Crippen LogP contribution is 2.27. The summed E-state index contributed by atoms with van der Waals surface area (Å²) in [5.74, 6) is 0.0232. The van der Waals surface area contributed by atoms with Crippen LogP contribution in [0.1, 0.15) is 44.2 Å². The van der Waals surface area contributed by atoms with Gasteiger partial charge in [0.2, 0.25) is 0 Å². The Labute approximate surface area is 134 Å². The Bertz CT molecular complexity index is 476. The normalized spacial score (nSPS) is 20.6. The van der Waals surface area contributed by atoms with E-state index in [1.807, 2.05) is 0 Å². The van der Waals surface area contributed by atoms with Gasteiger partial charge >= 0.3 is 5.97 Å². The summed E-state index contributed by atoms with van der Waals surface area (Å²) in [6, 6.07) is 8.50. The number of carbonyl (C=O) groups is 1. The first-order valence-corrected chi connectivity index (χ1v) is 8.57. The van der Waals surface area contributed by atoms with Crippen LogP contribution in [0.25, 0.3) is 0 Å². The zero-order valence-corrected chi connectivity index (χ0v) is 13.8. The van der Waals surface area contributed by atoms with Gasteiger partial charge in [-0.05, 0) is 68.2 Å². The average molecular weight is 303 g/mol. The maximum atomic E-state index is 11.8. The third kappa shape index (κ3) is 5.13. The molecule has 0 saturated carbocycles. The summed E-state index contributed by atoms with van der Waals surface area (Å²) in [6.45, 7) is 6.39. The third-order valence-electron chi connectivity index (χ3n) is 4.60. The quantitative estimate of drug-likeness (QED) is 0.845. The number of carboxylic acids is 1. The van der Waals surface area contributed by atoms with E-state index in [2.05, 4.69) is 43.4 Å². The summed E-state index contributed by atoms with van der Waals surface area (Å²) in [4.78, 5) is 11.8. The van der Waals surface area contributed by atoms with Crippen molar-refractivity contribution in [3.8, 4) is 0 Å². The Hall–Kier alpha value is -1.35. The maximum absolute atomic E-state index is 11.8. The monoisotopic (exact) mass is 303 g/mol. The summed E-state index contributed by atoms with van der Waals surface area (Å²) >= 11 is 0. The number of carboxylic acid groups (broad SMARTS) is 1. The van der Waals surface area contributed by atoms with E-state index in [0.29, 0.717) is 18.3 Å². The standard InChI is InChI=1S/C19H29NO2/c1-14(2)11-15-5-3-6-16(12-15)13-18(19(21)22)17-7-4-9-20-10-8-17/h3,5-6,12,14,17-18,20H,4,7-11,13H2,1-2H3,(H,21,22)/t17-,18+/m1/s1. The maximum Gasteiger partial charge on any atom is 0.307 e. The van der Waals surface area contributed by atoms with Gasteiger partial charge < -0.3 is 10.4 Å². The summed E-state index contributed by atoms with van der Waals surface area (Å²) in [5, 5.41) is 13.0. The molecule has 1 heterocycles. The number of aliphatic carboxylic acids is 1. The second-order valence-electron chi connectivity index (χ2n) is 7.01. The van der Waals surface area contributed by atoms with Gasteiger partial charge in [0.05, 0.1) is 5.92 Å². The van der Waals surface area contributed by atoms with Gasteiger partial charge in [-0.25, -0.2) is 0 Å². The molecule has 0 aromatic heterocycles. The zero-order chi connectivity index (χ0) is 15.9. The van der Waals surface area contributed by atoms with Gasteiger partial charge in [-0.3, -0.25) is 4.79 Å². The highest BCUT2D eigenvalue weighted by atomic mass is 16.4. The summed E-state index contributed by atoms with van der Waals surface area (Å²) < 4.78 is 0. The lowest BCUT2D eigenvalue weighted by Gasteiger charge is -2.22. The summed E-state index contributed by atoms with van der Waals surface area (Å²) in [7, 11) is 0. The van der Waals surface area contributed by atoms with Crippen molar-refractivity contribution in [2.75, 3.05) is 13.1 Å². The van der Waals surface area contributed by atoms with Gasteiger partial charge in [0.25, 0.3) is 0 Å². The van der Waals surface area contributed by atoms with Gasteiger partial charge in [0, 0.05) is 0 Å². The fourth-order valence-electron chi connectivity index (χ4n) is 3.51. The molecule has 0 aliphatic carbocycles. The number of hydrogen-bond donors (Lipinski definition) is 2. The van der Waals surface area contributed by atoms with Crippen molar-refractivity contribution < 1.29 is 9.90 Å². The largest absolute Gasteiger partial charge is 0.481 e. The fourth-order valence-corrected chi connectivity index (χ4v) is 3.51. The minimum atomic E-state index is -0.638. The molecule has 0 bridgehead atoms. The van der Waals surface area contributed by atoms with Gasteiger partial charge in [0.15, 0.2) is 0 Å². The molecular formula is C19H29NO2. The molecular weight excluding hydrogens is 274 g/mol. The summed E-state index contributed by atoms with van der Waals surface area (Å²) in [5.41, 5.74) is 2.49. The molecule has 2 N–H and O–H groups in total. The molecule has 22 heavy (non-hydrogen) atoms. The predicted octanol–water partition coefficient (Wildman–Crippen LogP) is 3.52. The van der Waals surface area contributed by atoms with Gasteiger partial charge in [-0.15, -0.1) is 0 Å². The Morgan fingerprint density at radius 2 is 1.95 bits per heavy atom. The molecule has 0 unspecified atom stereocenters. The van der Waals surface area contributed by atoms with Crippen molar-refractivity contribution in [2.24, 2.45) is 17.8 Å². The first kappa shape index (κ1) is 17.0. The van der Waals surface area contributed by atoms with Gasteiger partial charge in [-0.2, -0.15) is 0 Å². The van der Waals surface area contributed by atoms with E-state index in [1.165, 1.54) is 11.1 Å². The van der Waals surface area contributed by atoms with Gasteiger partial charge in [-0.1, -0.05) is 38.1 Å². The van der Waals surface area contributed by atoms with Crippen LogP contribution in [0.3, 0.4) is 0 Å². The molecule has 1 aromatic rings. The van der Waals surface area contributed by atoms with Crippen LogP contribution in [0.5, 0.6) is 0 Å². The van der Waals surface area contributed by atoms with Crippen LogP contribution >= 0.6 is 0 Å². The topological polar surface area (TPSA) is 49.3 Å². The minimum absolute atomic E-state index is 0.255. The molecule has 3 nitrogen and oxygen atoms in total. The first-order valence-electron chi connectivity index (χ1n) is 8.57. The minimum Gasteiger partial charge on any atom is -0.481 e. The first-order chi connectivity index (χ1) is 10.6. The highest BCUT2D eigenvalue weighted by molar-refractivity contribution is 5.70. The molecule has 122 valence electrons. The van der Waals surface area contributed by atoms with Crippen molar-refractivity contribution in [3.05, 3.63) is 35.4 Å². The molecule has 0 spiro atoms. The predicted molar refractivity (Wildman–Crippen MR) is 90.0 cm³/mol. The van der Waals surface area contributed by atoms with E-state index in [1.54, 1.807) is 0 Å². The Morgan fingerprint density at radius 1 is 1.23 bits per heavy atom. The molecule has 2 rings (SSSR count). The molecule has 1 aliphatic rings. The van der Waals surface area contributed by atoms with E-state index < -0.39 is 5.97 Å². The van der Waals surface area contributed by atoms with Crippen molar-refractivity contribution in [1.82, 2.24) is 5.32 Å². The molecule has 1 saturated heterocycles. The van der Waals surface area contributed by atoms with E-state index in [0.717, 1.165) is 38.8 Å². The lowest BCUT2D eigenvalue weighted by Crippen LogP contribution is -2.27. The number of nitrogens with one attached hydrogen (secondary N) is 1. The fraction of sp³-hybridized carbons (Fsp3) is 0.632. The van der Waals surface area contributed by atoms with Crippen LogP contribution in [0.15, 0.2) is 24.3 Å². The van der Waals surface area contributed by atoms with Crippen molar-refractivity contribution in [1.29, 1.82) is 0 Å². The van der Waals surface area contributed by atoms with Gasteiger partial charge in [0.1, 0.15) is 0 Å². The van der Waals surface area contributed by atoms with E-state index in [4.69, 9.17) is 0 Å². The molecule has 0 amide bonds. The third-order valence-corrected chi connectivity index (χ3v) is 4.60.